The second-order valence-electron chi connectivity index (χ2n) is 5.72. The Kier molecular flexibility index (Phi) is 5.27. The molecule has 136 valence electrons. The molecule has 7 nitrogen and oxygen atoms in total. The van der Waals surface area contributed by atoms with Gasteiger partial charge in [-0.2, -0.15) is 0 Å². The molecule has 0 radical (unpaired) electrons. The summed E-state index contributed by atoms with van der Waals surface area (Å²) in [6.07, 6.45) is -0.108. The Balaban J connectivity index is 1.79. The molecule has 0 spiro atoms. The third-order valence-electron chi connectivity index (χ3n) is 4.02. The average Bonchev–Trinajstić information content (AvgIpc) is 2.64. The lowest BCUT2D eigenvalue weighted by Gasteiger charge is -2.33. The highest BCUT2D eigenvalue weighted by atomic mass is 35.5. The van der Waals surface area contributed by atoms with Gasteiger partial charge in [-0.05, 0) is 36.8 Å². The lowest BCUT2D eigenvalue weighted by Crippen LogP contribution is -2.47. The number of anilines is 1. The van der Waals surface area contributed by atoms with Crippen LogP contribution < -0.4 is 14.4 Å². The summed E-state index contributed by atoms with van der Waals surface area (Å²) in [5.41, 5.74) is 0.285. The highest BCUT2D eigenvalue weighted by Gasteiger charge is 2.34. The zero-order valence-corrected chi connectivity index (χ0v) is 14.8. The van der Waals surface area contributed by atoms with E-state index in [0.29, 0.717) is 28.6 Å². The average molecular weight is 377 g/mol. The van der Waals surface area contributed by atoms with E-state index in [-0.39, 0.29) is 24.7 Å². The molecule has 0 bridgehead atoms. The fourth-order valence-corrected chi connectivity index (χ4v) is 2.83. The van der Waals surface area contributed by atoms with Crippen molar-refractivity contribution < 1.29 is 19.2 Å². The van der Waals surface area contributed by atoms with Crippen molar-refractivity contribution in [3.8, 4) is 11.5 Å². The number of amides is 1. The zero-order valence-electron chi connectivity index (χ0n) is 14.1. The molecular formula is C18H17ClN2O5. The molecule has 0 saturated heterocycles. The Bertz CT molecular complexity index is 825. The predicted molar refractivity (Wildman–Crippen MR) is 97.1 cm³/mol. The predicted octanol–water partition coefficient (Wildman–Crippen LogP) is 3.83. The summed E-state index contributed by atoms with van der Waals surface area (Å²) in [5.74, 6) is 0.843. The number of rotatable bonds is 6. The van der Waals surface area contributed by atoms with Crippen molar-refractivity contribution in [1.29, 1.82) is 0 Å². The molecule has 1 heterocycles. The lowest BCUT2D eigenvalue weighted by molar-refractivity contribution is -0.384. The van der Waals surface area contributed by atoms with Gasteiger partial charge in [-0.15, -0.1) is 0 Å². The molecule has 26 heavy (non-hydrogen) atoms. The fourth-order valence-electron chi connectivity index (χ4n) is 2.70. The first-order chi connectivity index (χ1) is 12.5. The van der Waals surface area contributed by atoms with Crippen molar-refractivity contribution in [2.45, 2.75) is 19.4 Å². The van der Waals surface area contributed by atoms with Gasteiger partial charge in [0, 0.05) is 17.2 Å². The van der Waals surface area contributed by atoms with Crippen LogP contribution in [0.5, 0.6) is 11.5 Å². The summed E-state index contributed by atoms with van der Waals surface area (Å²) in [6.45, 7) is 2.32. The molecule has 1 amide bonds. The van der Waals surface area contributed by atoms with Gasteiger partial charge in [0.05, 0.1) is 17.2 Å². The van der Waals surface area contributed by atoms with Crippen LogP contribution in [-0.2, 0) is 4.79 Å². The Hall–Kier alpha value is -2.80. The number of carbonyl (C=O) groups excluding carboxylic acids is 1. The summed E-state index contributed by atoms with van der Waals surface area (Å²) >= 11 is 5.84. The quantitative estimate of drug-likeness (QED) is 0.565. The number of fused-ring (bicyclic) bond motifs is 1. The van der Waals surface area contributed by atoms with Crippen LogP contribution in [-0.4, -0.2) is 30.1 Å². The third kappa shape index (κ3) is 3.72. The molecule has 3 rings (SSSR count). The molecule has 0 saturated carbocycles. The molecule has 2 aromatic rings. The van der Waals surface area contributed by atoms with E-state index < -0.39 is 11.0 Å². The van der Waals surface area contributed by atoms with Crippen molar-refractivity contribution >= 4 is 28.9 Å². The largest absolute Gasteiger partial charge is 0.492 e. The maximum absolute atomic E-state index is 12.6. The SMILES string of the molecule is CCC1Oc2ccc([N+](=O)[O-])cc2N(CCOc2ccc(Cl)cc2)C1=O. The molecule has 8 heteroatoms. The summed E-state index contributed by atoms with van der Waals surface area (Å²) in [4.78, 5) is 24.7. The minimum Gasteiger partial charge on any atom is -0.492 e. The highest BCUT2D eigenvalue weighted by Crippen LogP contribution is 2.37. The van der Waals surface area contributed by atoms with Gasteiger partial charge in [0.1, 0.15) is 18.1 Å². The maximum Gasteiger partial charge on any atom is 0.271 e. The monoisotopic (exact) mass is 376 g/mol. The molecule has 2 aromatic carbocycles. The summed E-state index contributed by atoms with van der Waals surface area (Å²) in [7, 11) is 0. The van der Waals surface area contributed by atoms with Crippen LogP contribution in [0.25, 0.3) is 0 Å². The van der Waals surface area contributed by atoms with Crippen molar-refractivity contribution in [3.63, 3.8) is 0 Å². The number of hydrogen-bond acceptors (Lipinski definition) is 5. The van der Waals surface area contributed by atoms with Gasteiger partial charge < -0.3 is 14.4 Å². The first-order valence-corrected chi connectivity index (χ1v) is 8.52. The number of nitrogens with zero attached hydrogens (tertiary/aromatic N) is 2. The Morgan fingerprint density at radius 2 is 2.00 bits per heavy atom. The number of halogens is 1. The van der Waals surface area contributed by atoms with Crippen LogP contribution in [0.1, 0.15) is 13.3 Å². The van der Waals surface area contributed by atoms with Crippen LogP contribution in [0.4, 0.5) is 11.4 Å². The normalized spacial score (nSPS) is 16.0. The van der Waals surface area contributed by atoms with Crippen molar-refractivity contribution in [2.75, 3.05) is 18.1 Å². The van der Waals surface area contributed by atoms with Crippen LogP contribution >= 0.6 is 11.6 Å². The number of hydrogen-bond donors (Lipinski definition) is 0. The molecule has 1 aliphatic heterocycles. The third-order valence-corrected chi connectivity index (χ3v) is 4.27. The molecular weight excluding hydrogens is 360 g/mol. The Labute approximate surface area is 155 Å². The number of nitro groups is 1. The smallest absolute Gasteiger partial charge is 0.271 e. The van der Waals surface area contributed by atoms with Gasteiger partial charge in [-0.1, -0.05) is 18.5 Å². The highest BCUT2D eigenvalue weighted by molar-refractivity contribution is 6.30. The Morgan fingerprint density at radius 1 is 1.27 bits per heavy atom. The van der Waals surface area contributed by atoms with E-state index in [1.165, 1.54) is 23.1 Å². The molecule has 1 aliphatic rings. The maximum atomic E-state index is 12.6. The summed E-state index contributed by atoms with van der Waals surface area (Å²) in [5, 5.41) is 11.7. The molecule has 0 N–H and O–H groups in total. The van der Waals surface area contributed by atoms with Gasteiger partial charge >= 0.3 is 0 Å². The van der Waals surface area contributed by atoms with Gasteiger partial charge in [0.25, 0.3) is 11.6 Å². The minimum absolute atomic E-state index is 0.0984. The van der Waals surface area contributed by atoms with E-state index in [0.717, 1.165) is 0 Å². The second kappa shape index (κ2) is 7.61. The number of ether oxygens (including phenoxy) is 2. The Morgan fingerprint density at radius 3 is 2.65 bits per heavy atom. The zero-order chi connectivity index (χ0) is 18.7. The number of benzene rings is 2. The first kappa shape index (κ1) is 18.0. The number of carbonyl (C=O) groups is 1. The van der Waals surface area contributed by atoms with E-state index >= 15 is 0 Å². The number of non-ortho nitro benzene ring substituents is 1. The van der Waals surface area contributed by atoms with Gasteiger partial charge in [-0.25, -0.2) is 0 Å². The van der Waals surface area contributed by atoms with Crippen molar-refractivity contribution in [3.05, 3.63) is 57.6 Å². The molecule has 0 fully saturated rings. The lowest BCUT2D eigenvalue weighted by atomic mass is 10.1. The van der Waals surface area contributed by atoms with Crippen LogP contribution in [0.2, 0.25) is 5.02 Å². The van der Waals surface area contributed by atoms with Crippen LogP contribution in [0.15, 0.2) is 42.5 Å². The number of nitro benzene ring substituents is 1. The van der Waals surface area contributed by atoms with Crippen LogP contribution in [0.3, 0.4) is 0 Å². The van der Waals surface area contributed by atoms with E-state index in [9.17, 15) is 14.9 Å². The fraction of sp³-hybridized carbons (Fsp3) is 0.278. The minimum atomic E-state index is -0.612. The van der Waals surface area contributed by atoms with E-state index in [1.807, 2.05) is 6.92 Å². The van der Waals surface area contributed by atoms with Crippen LogP contribution in [0, 0.1) is 10.1 Å². The summed E-state index contributed by atoms with van der Waals surface area (Å²) in [6, 6.07) is 11.1. The van der Waals surface area contributed by atoms with Gasteiger partial charge in [0.2, 0.25) is 0 Å². The van der Waals surface area contributed by atoms with E-state index in [2.05, 4.69) is 0 Å². The second-order valence-corrected chi connectivity index (χ2v) is 6.15. The molecule has 0 aromatic heterocycles. The van der Waals surface area contributed by atoms with Crippen molar-refractivity contribution in [2.24, 2.45) is 0 Å². The van der Waals surface area contributed by atoms with Crippen molar-refractivity contribution in [1.82, 2.24) is 0 Å². The van der Waals surface area contributed by atoms with Gasteiger partial charge in [-0.3, -0.25) is 14.9 Å². The molecule has 1 atom stereocenters. The topological polar surface area (TPSA) is 81.9 Å². The molecule has 0 aliphatic carbocycles. The van der Waals surface area contributed by atoms with E-state index in [1.54, 1.807) is 24.3 Å². The summed E-state index contributed by atoms with van der Waals surface area (Å²) < 4.78 is 11.3. The van der Waals surface area contributed by atoms with E-state index in [4.69, 9.17) is 21.1 Å². The first-order valence-electron chi connectivity index (χ1n) is 8.14. The van der Waals surface area contributed by atoms with Gasteiger partial charge in [0.15, 0.2) is 6.10 Å². The molecule has 1 unspecified atom stereocenters. The standard InChI is InChI=1S/C18H17ClN2O5/c1-2-16-18(22)20(9-10-25-14-6-3-12(19)4-7-14)15-11-13(21(23)24)5-8-17(15)26-16/h3-8,11,16H,2,9-10H2,1H3.